The van der Waals surface area contributed by atoms with Gasteiger partial charge in [0.15, 0.2) is 10.8 Å². The van der Waals surface area contributed by atoms with E-state index >= 15 is 0 Å². The minimum atomic E-state index is -0.788. The van der Waals surface area contributed by atoms with Crippen LogP contribution in [0.3, 0.4) is 0 Å². The Balaban J connectivity index is 2.15. The summed E-state index contributed by atoms with van der Waals surface area (Å²) in [7, 11) is 0. The van der Waals surface area contributed by atoms with Crippen molar-refractivity contribution in [1.29, 1.82) is 0 Å². The number of hydrogen-bond acceptors (Lipinski definition) is 3. The summed E-state index contributed by atoms with van der Waals surface area (Å²) in [6, 6.07) is 3.04. The fourth-order valence-corrected chi connectivity index (χ4v) is 1.94. The Labute approximate surface area is 130 Å². The van der Waals surface area contributed by atoms with Crippen LogP contribution in [0.4, 0.5) is 20.2 Å². The van der Waals surface area contributed by atoms with Crippen LogP contribution in [0.1, 0.15) is 17.4 Å². The van der Waals surface area contributed by atoms with Gasteiger partial charge in [0.1, 0.15) is 11.6 Å². The first kappa shape index (κ1) is 15.8. The molecule has 0 atom stereocenters. The third kappa shape index (κ3) is 3.55. The second-order valence-corrected chi connectivity index (χ2v) is 4.72. The van der Waals surface area contributed by atoms with E-state index < -0.39 is 17.5 Å². The molecule has 1 aromatic carbocycles. The van der Waals surface area contributed by atoms with Crippen LogP contribution in [-0.4, -0.2) is 20.8 Å². The molecule has 0 bridgehead atoms. The Morgan fingerprint density at radius 3 is 2.64 bits per heavy atom. The number of halogens is 2. The maximum atomic E-state index is 13.5. The monoisotopic (exact) mass is 325 g/mol. The van der Waals surface area contributed by atoms with E-state index in [2.05, 4.69) is 15.7 Å². The molecule has 0 unspecified atom stereocenters. The summed E-state index contributed by atoms with van der Waals surface area (Å²) in [6.45, 7) is 2.38. The van der Waals surface area contributed by atoms with Crippen molar-refractivity contribution in [2.75, 3.05) is 10.6 Å². The Hall–Kier alpha value is -2.55. The molecule has 22 heavy (non-hydrogen) atoms. The van der Waals surface area contributed by atoms with Crippen LogP contribution in [0, 0.1) is 11.6 Å². The largest absolute Gasteiger partial charge is 0.364 e. The minimum Gasteiger partial charge on any atom is -0.364 e. The van der Waals surface area contributed by atoms with Crippen molar-refractivity contribution in [3.8, 4) is 0 Å². The molecule has 0 spiro atoms. The highest BCUT2D eigenvalue weighted by molar-refractivity contribution is 7.80. The lowest BCUT2D eigenvalue weighted by molar-refractivity contribution is 0.0995. The van der Waals surface area contributed by atoms with Crippen molar-refractivity contribution < 1.29 is 13.6 Å². The lowest BCUT2D eigenvalue weighted by Gasteiger charge is -2.10. The Morgan fingerprint density at radius 1 is 1.36 bits per heavy atom. The predicted molar refractivity (Wildman–Crippen MR) is 82.6 cm³/mol. The molecule has 0 saturated carbocycles. The van der Waals surface area contributed by atoms with E-state index in [0.29, 0.717) is 12.2 Å². The maximum absolute atomic E-state index is 13.5. The number of benzene rings is 1. The zero-order valence-electron chi connectivity index (χ0n) is 11.6. The van der Waals surface area contributed by atoms with E-state index in [4.69, 9.17) is 18.0 Å². The number of aryl methyl sites for hydroxylation is 1. The molecule has 6 nitrogen and oxygen atoms in total. The van der Waals surface area contributed by atoms with E-state index in [1.165, 1.54) is 10.7 Å². The number of nitrogens with zero attached hydrogens (tertiary/aromatic N) is 2. The van der Waals surface area contributed by atoms with Crippen LogP contribution >= 0.6 is 12.2 Å². The molecule has 1 amide bonds. The highest BCUT2D eigenvalue weighted by Gasteiger charge is 2.15. The normalized spacial score (nSPS) is 10.3. The number of aromatic nitrogens is 2. The fourth-order valence-electron chi connectivity index (χ4n) is 1.72. The van der Waals surface area contributed by atoms with Gasteiger partial charge >= 0.3 is 0 Å². The molecule has 4 N–H and O–H groups in total. The summed E-state index contributed by atoms with van der Waals surface area (Å²) >= 11 is 5.03. The first-order chi connectivity index (χ1) is 10.4. The molecule has 1 heterocycles. The average Bonchev–Trinajstić information content (AvgIpc) is 2.85. The average molecular weight is 325 g/mol. The SMILES string of the molecule is CCn1cc(NC(=S)Nc2ccc(F)cc2F)c(C(N)=O)n1. The van der Waals surface area contributed by atoms with Gasteiger partial charge in [0.25, 0.3) is 5.91 Å². The first-order valence-corrected chi connectivity index (χ1v) is 6.71. The van der Waals surface area contributed by atoms with Crippen molar-refractivity contribution in [2.45, 2.75) is 13.5 Å². The Kier molecular flexibility index (Phi) is 4.66. The van der Waals surface area contributed by atoms with Gasteiger partial charge in [-0.2, -0.15) is 5.10 Å². The van der Waals surface area contributed by atoms with Gasteiger partial charge in [0.05, 0.1) is 11.4 Å². The zero-order chi connectivity index (χ0) is 16.3. The summed E-state index contributed by atoms with van der Waals surface area (Å²) in [4.78, 5) is 11.3. The Morgan fingerprint density at radius 2 is 2.05 bits per heavy atom. The molecule has 116 valence electrons. The van der Waals surface area contributed by atoms with Crippen LogP contribution in [0.5, 0.6) is 0 Å². The zero-order valence-corrected chi connectivity index (χ0v) is 12.4. The number of hydrogen-bond donors (Lipinski definition) is 3. The molecule has 0 aliphatic heterocycles. The number of thiocarbonyl (C=S) groups is 1. The quantitative estimate of drug-likeness (QED) is 0.750. The predicted octanol–water partition coefficient (Wildman–Crippen LogP) is 2.09. The molecule has 2 aromatic rings. The number of rotatable bonds is 4. The summed E-state index contributed by atoms with van der Waals surface area (Å²) < 4.78 is 27.9. The number of nitrogens with one attached hydrogen (secondary N) is 2. The van der Waals surface area contributed by atoms with Gasteiger partial charge in [-0.1, -0.05) is 0 Å². The highest BCUT2D eigenvalue weighted by Crippen LogP contribution is 2.17. The fraction of sp³-hybridized carbons (Fsp3) is 0.154. The van der Waals surface area contributed by atoms with Gasteiger partial charge in [0.2, 0.25) is 0 Å². The van der Waals surface area contributed by atoms with Crippen LogP contribution in [0.15, 0.2) is 24.4 Å². The molecule has 0 aliphatic rings. The number of carbonyl (C=O) groups is 1. The van der Waals surface area contributed by atoms with E-state index in [1.54, 1.807) is 6.20 Å². The molecular weight excluding hydrogens is 312 g/mol. The number of primary amides is 1. The smallest absolute Gasteiger partial charge is 0.271 e. The van der Waals surface area contributed by atoms with Crippen molar-refractivity contribution in [2.24, 2.45) is 5.73 Å². The Bertz CT molecular complexity index is 731. The van der Waals surface area contributed by atoms with Crippen molar-refractivity contribution in [3.63, 3.8) is 0 Å². The molecular formula is C13H13F2N5OS. The number of anilines is 2. The summed E-state index contributed by atoms with van der Waals surface area (Å²) in [5.74, 6) is -2.20. The topological polar surface area (TPSA) is 85.0 Å². The standard InChI is InChI=1S/C13H13F2N5OS/c1-2-20-6-10(11(19-20)12(16)21)18-13(22)17-9-4-3-7(14)5-8(9)15/h3-6H,2H2,1H3,(H2,16,21)(H2,17,18,22). The van der Waals surface area contributed by atoms with Gasteiger partial charge < -0.3 is 16.4 Å². The van der Waals surface area contributed by atoms with E-state index in [1.807, 2.05) is 6.92 Å². The lowest BCUT2D eigenvalue weighted by Crippen LogP contribution is -2.22. The summed E-state index contributed by atoms with van der Waals surface area (Å²) in [5, 5.41) is 9.28. The third-order valence-corrected chi connectivity index (χ3v) is 2.95. The molecule has 9 heteroatoms. The van der Waals surface area contributed by atoms with Gasteiger partial charge in [-0.3, -0.25) is 9.48 Å². The summed E-state index contributed by atoms with van der Waals surface area (Å²) in [5.41, 5.74) is 5.55. The summed E-state index contributed by atoms with van der Waals surface area (Å²) in [6.07, 6.45) is 1.55. The van der Waals surface area contributed by atoms with Crippen LogP contribution in [-0.2, 0) is 6.54 Å². The molecule has 0 radical (unpaired) electrons. The second-order valence-electron chi connectivity index (χ2n) is 4.31. The molecule has 0 fully saturated rings. The van der Waals surface area contributed by atoms with E-state index in [0.717, 1.165) is 12.1 Å². The van der Waals surface area contributed by atoms with Gasteiger partial charge in [-0.15, -0.1) is 0 Å². The number of carbonyl (C=O) groups excluding carboxylic acids is 1. The first-order valence-electron chi connectivity index (χ1n) is 6.31. The van der Waals surface area contributed by atoms with Crippen LogP contribution in [0.25, 0.3) is 0 Å². The van der Waals surface area contributed by atoms with Crippen molar-refractivity contribution >= 4 is 34.6 Å². The minimum absolute atomic E-state index is 0.00223. The molecule has 0 saturated heterocycles. The van der Waals surface area contributed by atoms with Gasteiger partial charge in [-0.25, -0.2) is 8.78 Å². The lowest BCUT2D eigenvalue weighted by atomic mass is 10.3. The van der Waals surface area contributed by atoms with Crippen LogP contribution < -0.4 is 16.4 Å². The van der Waals surface area contributed by atoms with Gasteiger partial charge in [0, 0.05) is 18.8 Å². The highest BCUT2D eigenvalue weighted by atomic mass is 32.1. The van der Waals surface area contributed by atoms with E-state index in [-0.39, 0.29) is 16.5 Å². The van der Waals surface area contributed by atoms with E-state index in [9.17, 15) is 13.6 Å². The second kappa shape index (κ2) is 6.48. The maximum Gasteiger partial charge on any atom is 0.271 e. The molecule has 2 rings (SSSR count). The molecule has 1 aromatic heterocycles. The third-order valence-electron chi connectivity index (χ3n) is 2.75. The molecule has 0 aliphatic carbocycles. The number of nitrogens with two attached hydrogens (primary N) is 1. The van der Waals surface area contributed by atoms with Crippen molar-refractivity contribution in [1.82, 2.24) is 9.78 Å². The number of amides is 1. The van der Waals surface area contributed by atoms with Crippen molar-refractivity contribution in [3.05, 3.63) is 41.7 Å². The van der Waals surface area contributed by atoms with Crippen LogP contribution in [0.2, 0.25) is 0 Å². The van der Waals surface area contributed by atoms with Gasteiger partial charge in [-0.05, 0) is 31.3 Å².